The molecule has 0 aliphatic heterocycles. The second-order valence-corrected chi connectivity index (χ2v) is 6.24. The Bertz CT molecular complexity index is 725. The lowest BCUT2D eigenvalue weighted by Crippen LogP contribution is -2.24. The van der Waals surface area contributed by atoms with Crippen LogP contribution in [0.1, 0.15) is 36.5 Å². The average Bonchev–Trinajstić information content (AvgIpc) is 2.54. The molecular formula is C19H21ClN2O2. The van der Waals surface area contributed by atoms with Crippen molar-refractivity contribution in [3.63, 3.8) is 0 Å². The van der Waals surface area contributed by atoms with Crippen molar-refractivity contribution >= 4 is 23.7 Å². The predicted octanol–water partition coefficient (Wildman–Crippen LogP) is 4.30. The van der Waals surface area contributed by atoms with E-state index in [2.05, 4.69) is 24.4 Å². The molecule has 0 aliphatic rings. The van der Waals surface area contributed by atoms with Gasteiger partial charge in [0.1, 0.15) is 5.75 Å². The third-order valence-electron chi connectivity index (χ3n) is 3.51. The zero-order valence-electron chi connectivity index (χ0n) is 14.0. The van der Waals surface area contributed by atoms with Crippen molar-refractivity contribution < 1.29 is 9.53 Å². The molecule has 0 atom stereocenters. The number of carbonyl (C=O) groups excluding carboxylic acids is 1. The molecule has 0 bridgehead atoms. The van der Waals surface area contributed by atoms with Crippen LogP contribution in [0.3, 0.4) is 0 Å². The highest BCUT2D eigenvalue weighted by molar-refractivity contribution is 6.30. The Kier molecular flexibility index (Phi) is 6.38. The topological polar surface area (TPSA) is 50.7 Å². The summed E-state index contributed by atoms with van der Waals surface area (Å²) in [6.07, 6.45) is 1.55. The van der Waals surface area contributed by atoms with Gasteiger partial charge in [-0.1, -0.05) is 43.6 Å². The SMILES string of the molecule is Cc1cc(OCC(=O)N/N=C/c2ccc(Cl)cc2)ccc1C(C)C. The Morgan fingerprint density at radius 1 is 1.25 bits per heavy atom. The molecule has 0 unspecified atom stereocenters. The van der Waals surface area contributed by atoms with Crippen LogP contribution in [0.2, 0.25) is 5.02 Å². The summed E-state index contributed by atoms with van der Waals surface area (Å²) in [4.78, 5) is 11.7. The van der Waals surface area contributed by atoms with Gasteiger partial charge in [0, 0.05) is 5.02 Å². The minimum absolute atomic E-state index is 0.0849. The highest BCUT2D eigenvalue weighted by Crippen LogP contribution is 2.23. The second kappa shape index (κ2) is 8.50. The van der Waals surface area contributed by atoms with Crippen LogP contribution >= 0.6 is 11.6 Å². The minimum Gasteiger partial charge on any atom is -0.484 e. The lowest BCUT2D eigenvalue weighted by Gasteiger charge is -2.12. The Hall–Kier alpha value is -2.33. The molecule has 2 rings (SSSR count). The Morgan fingerprint density at radius 3 is 2.58 bits per heavy atom. The number of amides is 1. The van der Waals surface area contributed by atoms with Gasteiger partial charge >= 0.3 is 0 Å². The summed E-state index contributed by atoms with van der Waals surface area (Å²) in [6, 6.07) is 13.0. The van der Waals surface area contributed by atoms with Crippen molar-refractivity contribution in [2.24, 2.45) is 5.10 Å². The zero-order valence-corrected chi connectivity index (χ0v) is 14.8. The van der Waals surface area contributed by atoms with Gasteiger partial charge in [-0.25, -0.2) is 5.43 Å². The van der Waals surface area contributed by atoms with E-state index in [1.165, 1.54) is 5.56 Å². The number of nitrogens with zero attached hydrogens (tertiary/aromatic N) is 1. The molecule has 0 saturated carbocycles. The summed E-state index contributed by atoms with van der Waals surface area (Å²) in [7, 11) is 0. The number of ether oxygens (including phenoxy) is 1. The number of hydrogen-bond donors (Lipinski definition) is 1. The van der Waals surface area contributed by atoms with E-state index in [1.54, 1.807) is 18.3 Å². The van der Waals surface area contributed by atoms with Gasteiger partial charge in [0.25, 0.3) is 5.91 Å². The highest BCUT2D eigenvalue weighted by Gasteiger charge is 2.06. The number of aryl methyl sites for hydroxylation is 1. The van der Waals surface area contributed by atoms with Gasteiger partial charge in [-0.05, 0) is 53.8 Å². The number of hydrogen-bond acceptors (Lipinski definition) is 3. The second-order valence-electron chi connectivity index (χ2n) is 5.81. The Balaban J connectivity index is 1.82. The molecule has 0 heterocycles. The summed E-state index contributed by atoms with van der Waals surface area (Å²) in [5, 5.41) is 4.55. The number of nitrogens with one attached hydrogen (secondary N) is 1. The van der Waals surface area contributed by atoms with Gasteiger partial charge in [-0.2, -0.15) is 5.10 Å². The summed E-state index contributed by atoms with van der Waals surface area (Å²) in [5.74, 6) is 0.823. The normalized spacial score (nSPS) is 11.0. The standard InChI is InChI=1S/C19H21ClN2O2/c1-13(2)18-9-8-17(10-14(18)3)24-12-19(23)22-21-11-15-4-6-16(20)7-5-15/h4-11,13H,12H2,1-3H3,(H,22,23)/b21-11+. The minimum atomic E-state index is -0.314. The smallest absolute Gasteiger partial charge is 0.277 e. The third kappa shape index (κ3) is 5.39. The largest absolute Gasteiger partial charge is 0.484 e. The third-order valence-corrected chi connectivity index (χ3v) is 3.76. The number of rotatable bonds is 6. The molecule has 4 nitrogen and oxygen atoms in total. The van der Waals surface area contributed by atoms with Crippen LogP contribution in [0.5, 0.6) is 5.75 Å². The van der Waals surface area contributed by atoms with Crippen molar-refractivity contribution in [2.45, 2.75) is 26.7 Å². The first kappa shape index (κ1) is 18.0. The first-order valence-electron chi connectivity index (χ1n) is 7.76. The van der Waals surface area contributed by atoms with Crippen molar-refractivity contribution in [3.05, 3.63) is 64.2 Å². The molecule has 2 aromatic rings. The Labute approximate surface area is 147 Å². The maximum absolute atomic E-state index is 11.7. The van der Waals surface area contributed by atoms with Crippen LogP contribution in [-0.2, 0) is 4.79 Å². The van der Waals surface area contributed by atoms with Crippen LogP contribution in [0, 0.1) is 6.92 Å². The Morgan fingerprint density at radius 2 is 1.96 bits per heavy atom. The van der Waals surface area contributed by atoms with E-state index in [4.69, 9.17) is 16.3 Å². The molecule has 24 heavy (non-hydrogen) atoms. The fraction of sp³-hybridized carbons (Fsp3) is 0.263. The molecule has 2 aromatic carbocycles. The zero-order chi connectivity index (χ0) is 17.5. The monoisotopic (exact) mass is 344 g/mol. The van der Waals surface area contributed by atoms with E-state index >= 15 is 0 Å². The van der Waals surface area contributed by atoms with Gasteiger partial charge in [0.15, 0.2) is 6.61 Å². The lowest BCUT2D eigenvalue weighted by molar-refractivity contribution is -0.123. The van der Waals surface area contributed by atoms with Gasteiger partial charge in [0.2, 0.25) is 0 Å². The first-order valence-corrected chi connectivity index (χ1v) is 8.14. The fourth-order valence-electron chi connectivity index (χ4n) is 2.29. The molecule has 1 N–H and O–H groups in total. The molecule has 0 aliphatic carbocycles. The number of hydrazone groups is 1. The van der Waals surface area contributed by atoms with Crippen LogP contribution < -0.4 is 10.2 Å². The molecule has 0 saturated heterocycles. The summed E-state index contributed by atoms with van der Waals surface area (Å²) >= 11 is 5.80. The summed E-state index contributed by atoms with van der Waals surface area (Å²) in [5.41, 5.74) is 5.71. The van der Waals surface area contributed by atoms with Crippen molar-refractivity contribution in [1.29, 1.82) is 0 Å². The summed E-state index contributed by atoms with van der Waals surface area (Å²) < 4.78 is 5.50. The van der Waals surface area contributed by atoms with Crippen LogP contribution in [0.25, 0.3) is 0 Å². The van der Waals surface area contributed by atoms with Crippen LogP contribution in [0.4, 0.5) is 0 Å². The van der Waals surface area contributed by atoms with Crippen molar-refractivity contribution in [3.8, 4) is 5.75 Å². The average molecular weight is 345 g/mol. The van der Waals surface area contributed by atoms with Gasteiger partial charge in [-0.3, -0.25) is 4.79 Å². The van der Waals surface area contributed by atoms with E-state index in [0.29, 0.717) is 16.7 Å². The lowest BCUT2D eigenvalue weighted by atomic mass is 9.98. The van der Waals surface area contributed by atoms with Crippen molar-refractivity contribution in [2.75, 3.05) is 6.61 Å². The van der Waals surface area contributed by atoms with Gasteiger partial charge < -0.3 is 4.74 Å². The molecule has 0 radical (unpaired) electrons. The maximum Gasteiger partial charge on any atom is 0.277 e. The molecular weight excluding hydrogens is 324 g/mol. The molecule has 5 heteroatoms. The van der Waals surface area contributed by atoms with E-state index in [9.17, 15) is 4.79 Å². The number of benzene rings is 2. The molecule has 126 valence electrons. The van der Waals surface area contributed by atoms with Crippen LogP contribution in [0.15, 0.2) is 47.6 Å². The van der Waals surface area contributed by atoms with Crippen LogP contribution in [-0.4, -0.2) is 18.7 Å². The molecule has 0 spiro atoms. The van der Waals surface area contributed by atoms with E-state index in [1.807, 2.05) is 37.3 Å². The molecule has 1 amide bonds. The quantitative estimate of drug-likeness (QED) is 0.627. The van der Waals surface area contributed by atoms with E-state index in [-0.39, 0.29) is 12.5 Å². The highest BCUT2D eigenvalue weighted by atomic mass is 35.5. The van der Waals surface area contributed by atoms with E-state index < -0.39 is 0 Å². The van der Waals surface area contributed by atoms with E-state index in [0.717, 1.165) is 11.1 Å². The predicted molar refractivity (Wildman–Crippen MR) is 98.0 cm³/mol. The van der Waals surface area contributed by atoms with Crippen molar-refractivity contribution in [1.82, 2.24) is 5.43 Å². The number of carbonyl (C=O) groups is 1. The maximum atomic E-state index is 11.7. The number of halogens is 1. The first-order chi connectivity index (χ1) is 11.5. The fourth-order valence-corrected chi connectivity index (χ4v) is 2.42. The van der Waals surface area contributed by atoms with Gasteiger partial charge in [0.05, 0.1) is 6.21 Å². The summed E-state index contributed by atoms with van der Waals surface area (Å²) in [6.45, 7) is 6.25. The molecule has 0 aromatic heterocycles. The molecule has 0 fully saturated rings. The van der Waals surface area contributed by atoms with Gasteiger partial charge in [-0.15, -0.1) is 0 Å².